The first-order chi connectivity index (χ1) is 8.74. The molecule has 1 amide bonds. The van der Waals surface area contributed by atoms with Crippen molar-refractivity contribution in [1.29, 1.82) is 0 Å². The summed E-state index contributed by atoms with van der Waals surface area (Å²) in [5, 5.41) is 18.7. The maximum absolute atomic E-state index is 11.9. The number of aromatic hydroxyl groups is 1. The molecule has 0 atom stereocenters. The molecule has 1 aromatic heterocycles. The molecule has 0 spiro atoms. The van der Waals surface area contributed by atoms with Crippen LogP contribution in [0.2, 0.25) is 0 Å². The van der Waals surface area contributed by atoms with E-state index in [-0.39, 0.29) is 11.6 Å². The van der Waals surface area contributed by atoms with Crippen LogP contribution in [0.5, 0.6) is 5.75 Å². The van der Waals surface area contributed by atoms with E-state index < -0.39 is 5.91 Å². The number of aromatic amines is 1. The Morgan fingerprint density at radius 2 is 2.17 bits per heavy atom. The number of amides is 1. The number of aromatic nitrogens is 3. The Morgan fingerprint density at radius 1 is 1.39 bits per heavy atom. The molecule has 1 aliphatic carbocycles. The Bertz CT molecular complexity index is 589. The van der Waals surface area contributed by atoms with E-state index in [1.165, 1.54) is 6.07 Å². The third-order valence-corrected chi connectivity index (χ3v) is 2.82. The van der Waals surface area contributed by atoms with Gasteiger partial charge in [0.1, 0.15) is 11.6 Å². The molecule has 6 nitrogen and oxygen atoms in total. The molecule has 2 aromatic rings. The zero-order chi connectivity index (χ0) is 12.5. The van der Waals surface area contributed by atoms with Gasteiger partial charge in [-0.1, -0.05) is 12.1 Å². The fourth-order valence-electron chi connectivity index (χ4n) is 1.67. The second kappa shape index (κ2) is 4.14. The maximum Gasteiger partial charge on any atom is 0.295 e. The van der Waals surface area contributed by atoms with Gasteiger partial charge in [0, 0.05) is 5.92 Å². The van der Waals surface area contributed by atoms with Crippen molar-refractivity contribution in [2.24, 2.45) is 0 Å². The molecule has 0 unspecified atom stereocenters. The number of hydrogen-bond donors (Lipinski definition) is 3. The number of nitrogens with zero attached hydrogens (tertiary/aromatic N) is 2. The monoisotopic (exact) mass is 244 g/mol. The van der Waals surface area contributed by atoms with E-state index in [1.54, 1.807) is 18.2 Å². The average Bonchev–Trinajstić information content (AvgIpc) is 3.10. The second-order valence-electron chi connectivity index (χ2n) is 4.29. The number of carbonyl (C=O) groups excluding carboxylic acids is 1. The summed E-state index contributed by atoms with van der Waals surface area (Å²) in [7, 11) is 0. The highest BCUT2D eigenvalue weighted by Crippen LogP contribution is 2.37. The number of anilines is 1. The third kappa shape index (κ3) is 2.04. The summed E-state index contributed by atoms with van der Waals surface area (Å²) in [4.78, 5) is 16.0. The lowest BCUT2D eigenvalue weighted by molar-refractivity contribution is 0.101. The van der Waals surface area contributed by atoms with E-state index in [0.717, 1.165) is 18.7 Å². The van der Waals surface area contributed by atoms with Gasteiger partial charge in [0.15, 0.2) is 0 Å². The predicted octanol–water partition coefficient (Wildman–Crippen LogP) is 1.64. The molecule has 3 N–H and O–H groups in total. The third-order valence-electron chi connectivity index (χ3n) is 2.82. The molecule has 18 heavy (non-hydrogen) atoms. The Kier molecular flexibility index (Phi) is 2.47. The Balaban J connectivity index is 1.76. The van der Waals surface area contributed by atoms with E-state index >= 15 is 0 Å². The quantitative estimate of drug-likeness (QED) is 0.716. The van der Waals surface area contributed by atoms with E-state index in [2.05, 4.69) is 20.5 Å². The Morgan fingerprint density at radius 3 is 2.89 bits per heavy atom. The van der Waals surface area contributed by atoms with Crippen molar-refractivity contribution >= 4 is 11.6 Å². The highest BCUT2D eigenvalue weighted by atomic mass is 16.3. The fraction of sp³-hybridized carbons (Fsp3) is 0.250. The lowest BCUT2D eigenvalue weighted by Gasteiger charge is -2.03. The van der Waals surface area contributed by atoms with Crippen LogP contribution in [0, 0.1) is 0 Å². The molecule has 1 aromatic carbocycles. The van der Waals surface area contributed by atoms with E-state index in [4.69, 9.17) is 0 Å². The summed E-state index contributed by atoms with van der Waals surface area (Å²) in [6, 6.07) is 6.52. The molecular weight excluding hydrogens is 232 g/mol. The van der Waals surface area contributed by atoms with Crippen LogP contribution < -0.4 is 5.32 Å². The zero-order valence-corrected chi connectivity index (χ0v) is 9.55. The van der Waals surface area contributed by atoms with Crippen LogP contribution in [-0.2, 0) is 0 Å². The molecule has 1 fully saturated rings. The molecule has 0 radical (unpaired) electrons. The second-order valence-corrected chi connectivity index (χ2v) is 4.29. The first-order valence-electron chi connectivity index (χ1n) is 5.75. The topological polar surface area (TPSA) is 90.9 Å². The lowest BCUT2D eigenvalue weighted by Crippen LogP contribution is -2.13. The van der Waals surface area contributed by atoms with Crippen LogP contribution in [0.3, 0.4) is 0 Å². The van der Waals surface area contributed by atoms with Gasteiger partial charge in [0.25, 0.3) is 5.91 Å². The summed E-state index contributed by atoms with van der Waals surface area (Å²) in [5.41, 5.74) is 0.347. The largest absolute Gasteiger partial charge is 0.506 e. The minimum Gasteiger partial charge on any atom is -0.506 e. The summed E-state index contributed by atoms with van der Waals surface area (Å²) >= 11 is 0. The molecule has 3 rings (SSSR count). The van der Waals surface area contributed by atoms with Gasteiger partial charge < -0.3 is 10.4 Å². The van der Waals surface area contributed by atoms with Gasteiger partial charge in [-0.3, -0.25) is 9.89 Å². The molecule has 1 saturated carbocycles. The van der Waals surface area contributed by atoms with Crippen LogP contribution in [0.1, 0.15) is 35.2 Å². The lowest BCUT2D eigenvalue weighted by atomic mass is 10.3. The van der Waals surface area contributed by atoms with E-state index in [0.29, 0.717) is 11.6 Å². The number of hydrogen-bond acceptors (Lipinski definition) is 4. The van der Waals surface area contributed by atoms with Crippen molar-refractivity contribution in [3.8, 4) is 5.75 Å². The highest BCUT2D eigenvalue weighted by Gasteiger charge is 2.28. The van der Waals surface area contributed by atoms with E-state index in [1.807, 2.05) is 0 Å². The highest BCUT2D eigenvalue weighted by molar-refractivity contribution is 6.02. The predicted molar refractivity (Wildman–Crippen MR) is 64.4 cm³/mol. The number of H-pyrrole nitrogens is 1. The molecule has 0 saturated heterocycles. The van der Waals surface area contributed by atoms with Gasteiger partial charge in [-0.25, -0.2) is 4.98 Å². The van der Waals surface area contributed by atoms with E-state index in [9.17, 15) is 9.90 Å². The van der Waals surface area contributed by atoms with Crippen LogP contribution >= 0.6 is 0 Å². The summed E-state index contributed by atoms with van der Waals surface area (Å²) in [5.74, 6) is 0.866. The van der Waals surface area contributed by atoms with Crippen molar-refractivity contribution in [2.45, 2.75) is 18.8 Å². The molecule has 92 valence electrons. The number of phenolic OH excluding ortho intramolecular Hbond substituents is 1. The number of para-hydroxylation sites is 2. The molecule has 1 aliphatic rings. The van der Waals surface area contributed by atoms with Crippen molar-refractivity contribution in [2.75, 3.05) is 5.32 Å². The Labute approximate surface area is 103 Å². The van der Waals surface area contributed by atoms with Crippen LogP contribution in [-0.4, -0.2) is 26.2 Å². The van der Waals surface area contributed by atoms with Gasteiger partial charge in [-0.15, -0.1) is 5.10 Å². The standard InChI is InChI=1S/C12H12N4O2/c17-9-4-2-1-3-8(9)13-12(18)11-14-10(15-16-11)7-5-6-7/h1-4,7,17H,5-6H2,(H,13,18)(H,14,15,16). The minimum absolute atomic E-state index is 0.0174. The van der Waals surface area contributed by atoms with Crippen molar-refractivity contribution in [3.63, 3.8) is 0 Å². The Hall–Kier alpha value is -2.37. The smallest absolute Gasteiger partial charge is 0.295 e. The molecule has 0 aliphatic heterocycles. The summed E-state index contributed by atoms with van der Waals surface area (Å²) < 4.78 is 0. The first kappa shape index (κ1) is 10.8. The van der Waals surface area contributed by atoms with Crippen molar-refractivity contribution in [3.05, 3.63) is 35.9 Å². The van der Waals surface area contributed by atoms with Crippen molar-refractivity contribution < 1.29 is 9.90 Å². The maximum atomic E-state index is 11.9. The molecule has 1 heterocycles. The van der Waals surface area contributed by atoms with Gasteiger partial charge in [-0.05, 0) is 25.0 Å². The molecule has 6 heteroatoms. The number of carbonyl (C=O) groups is 1. The first-order valence-corrected chi connectivity index (χ1v) is 5.75. The molecule has 0 bridgehead atoms. The van der Waals surface area contributed by atoms with Crippen LogP contribution in [0.25, 0.3) is 0 Å². The number of nitrogens with one attached hydrogen (secondary N) is 2. The SMILES string of the molecule is O=C(Nc1ccccc1O)c1n[nH]c(C2CC2)n1. The summed E-state index contributed by atoms with van der Waals surface area (Å²) in [6.45, 7) is 0. The fourth-order valence-corrected chi connectivity index (χ4v) is 1.67. The summed E-state index contributed by atoms with van der Waals surface area (Å²) in [6.07, 6.45) is 2.19. The van der Waals surface area contributed by atoms with Gasteiger partial charge in [0.05, 0.1) is 5.69 Å². The minimum atomic E-state index is -0.431. The molecular formula is C12H12N4O2. The van der Waals surface area contributed by atoms with Crippen LogP contribution in [0.4, 0.5) is 5.69 Å². The average molecular weight is 244 g/mol. The zero-order valence-electron chi connectivity index (χ0n) is 9.55. The number of benzene rings is 1. The number of rotatable bonds is 3. The van der Waals surface area contributed by atoms with Gasteiger partial charge >= 0.3 is 0 Å². The van der Waals surface area contributed by atoms with Gasteiger partial charge in [-0.2, -0.15) is 0 Å². The van der Waals surface area contributed by atoms with Gasteiger partial charge in [0.2, 0.25) is 5.82 Å². The normalized spacial score (nSPS) is 14.4. The van der Waals surface area contributed by atoms with Crippen molar-refractivity contribution in [1.82, 2.24) is 15.2 Å². The number of phenols is 1. The van der Waals surface area contributed by atoms with Crippen LogP contribution in [0.15, 0.2) is 24.3 Å².